The van der Waals surface area contributed by atoms with Crippen molar-refractivity contribution in [3.63, 3.8) is 0 Å². The molecule has 0 radical (unpaired) electrons. The number of imidazole rings is 1. The third-order valence-corrected chi connectivity index (χ3v) is 4.17. The highest BCUT2D eigenvalue weighted by Crippen LogP contribution is 2.24. The summed E-state index contributed by atoms with van der Waals surface area (Å²) in [5.74, 6) is 2.14. The first kappa shape index (κ1) is 10.8. The second-order valence-corrected chi connectivity index (χ2v) is 6.01. The number of nitrogens with zero attached hydrogens (tertiary/aromatic N) is 2. The van der Waals surface area contributed by atoms with Gasteiger partial charge in [-0.15, -0.1) is 0 Å². The number of nitrogen functional groups attached to an aromatic ring is 1. The number of aromatic nitrogens is 2. The Morgan fingerprint density at radius 3 is 3.24 bits per heavy atom. The molecular weight excluding hydrogens is 232 g/mol. The van der Waals surface area contributed by atoms with Crippen LogP contribution in [0.4, 0.5) is 11.6 Å². The normalized spacial score (nSPS) is 21.0. The molecule has 17 heavy (non-hydrogen) atoms. The number of anilines is 2. The quantitative estimate of drug-likeness (QED) is 0.759. The van der Waals surface area contributed by atoms with Crippen LogP contribution in [0.1, 0.15) is 6.92 Å². The highest BCUT2D eigenvalue weighted by molar-refractivity contribution is 8.00. The maximum Gasteiger partial charge on any atom is 0.203 e. The third-order valence-electron chi connectivity index (χ3n) is 3.03. The number of nitrogens with one attached hydrogen (secondary N) is 1. The van der Waals surface area contributed by atoms with Gasteiger partial charge in [0, 0.05) is 29.8 Å². The Balaban J connectivity index is 1.94. The molecule has 2 heterocycles. The van der Waals surface area contributed by atoms with Crippen molar-refractivity contribution in [3.8, 4) is 0 Å². The molecule has 0 bridgehead atoms. The molecule has 1 aliphatic heterocycles. The second kappa shape index (κ2) is 4.14. The summed E-state index contributed by atoms with van der Waals surface area (Å²) in [7, 11) is 0. The Kier molecular flexibility index (Phi) is 2.63. The molecule has 4 nitrogen and oxygen atoms in total. The number of H-pyrrole nitrogens is 1. The van der Waals surface area contributed by atoms with E-state index in [2.05, 4.69) is 21.8 Å². The molecule has 0 spiro atoms. The topological polar surface area (TPSA) is 57.9 Å². The zero-order valence-electron chi connectivity index (χ0n) is 9.81. The van der Waals surface area contributed by atoms with Gasteiger partial charge in [-0.1, -0.05) is 6.92 Å². The van der Waals surface area contributed by atoms with Crippen molar-refractivity contribution in [1.29, 1.82) is 0 Å². The molecule has 1 aliphatic rings. The molecule has 2 aromatic rings. The minimum atomic E-state index is 0.669. The van der Waals surface area contributed by atoms with E-state index in [9.17, 15) is 0 Å². The van der Waals surface area contributed by atoms with Gasteiger partial charge in [0.15, 0.2) is 0 Å². The van der Waals surface area contributed by atoms with Crippen LogP contribution in [0.15, 0.2) is 18.2 Å². The van der Waals surface area contributed by atoms with Crippen LogP contribution < -0.4 is 10.6 Å². The van der Waals surface area contributed by atoms with Gasteiger partial charge < -0.3 is 15.6 Å². The van der Waals surface area contributed by atoms with E-state index in [0.29, 0.717) is 5.25 Å². The number of fused-ring (bicyclic) bond motifs is 1. The SMILES string of the molecule is CC1CN(c2nc3ccc(N)cc3[nH]2)CCS1. The second-order valence-electron chi connectivity index (χ2n) is 4.46. The highest BCUT2D eigenvalue weighted by atomic mass is 32.2. The van der Waals surface area contributed by atoms with Crippen LogP contribution in [-0.4, -0.2) is 34.1 Å². The van der Waals surface area contributed by atoms with Crippen LogP contribution in [-0.2, 0) is 0 Å². The van der Waals surface area contributed by atoms with Crippen molar-refractivity contribution in [2.45, 2.75) is 12.2 Å². The lowest BCUT2D eigenvalue weighted by Crippen LogP contribution is -2.37. The van der Waals surface area contributed by atoms with Gasteiger partial charge >= 0.3 is 0 Å². The fourth-order valence-corrected chi connectivity index (χ4v) is 3.19. The van der Waals surface area contributed by atoms with E-state index in [4.69, 9.17) is 5.73 Å². The van der Waals surface area contributed by atoms with E-state index in [1.807, 2.05) is 30.0 Å². The molecule has 1 saturated heterocycles. The van der Waals surface area contributed by atoms with Gasteiger partial charge in [-0.3, -0.25) is 0 Å². The van der Waals surface area contributed by atoms with E-state index in [-0.39, 0.29) is 0 Å². The summed E-state index contributed by atoms with van der Waals surface area (Å²) in [6.07, 6.45) is 0. The number of benzene rings is 1. The van der Waals surface area contributed by atoms with Crippen LogP contribution in [0.5, 0.6) is 0 Å². The summed E-state index contributed by atoms with van der Waals surface area (Å²) in [6, 6.07) is 5.79. The minimum Gasteiger partial charge on any atom is -0.399 e. The maximum absolute atomic E-state index is 5.77. The molecule has 90 valence electrons. The summed E-state index contributed by atoms with van der Waals surface area (Å²) in [4.78, 5) is 10.3. The predicted octanol–water partition coefficient (Wildman–Crippen LogP) is 2.09. The average molecular weight is 248 g/mol. The van der Waals surface area contributed by atoms with E-state index in [1.54, 1.807) is 0 Å². The standard InChI is InChI=1S/C12H16N4S/c1-8-7-16(4-5-17-8)12-14-10-3-2-9(13)6-11(10)15-12/h2-3,6,8H,4-5,7,13H2,1H3,(H,14,15). The molecule has 1 fully saturated rings. The lowest BCUT2D eigenvalue weighted by molar-refractivity contribution is 0.762. The predicted molar refractivity (Wildman–Crippen MR) is 74.6 cm³/mol. The Morgan fingerprint density at radius 1 is 1.53 bits per heavy atom. The van der Waals surface area contributed by atoms with Crippen LogP contribution >= 0.6 is 11.8 Å². The van der Waals surface area contributed by atoms with Crippen molar-refractivity contribution in [1.82, 2.24) is 9.97 Å². The molecule has 1 aromatic heterocycles. The zero-order valence-corrected chi connectivity index (χ0v) is 10.6. The molecule has 5 heteroatoms. The molecule has 0 saturated carbocycles. The Bertz CT molecular complexity index is 536. The summed E-state index contributed by atoms with van der Waals surface area (Å²) in [6.45, 7) is 4.38. The highest BCUT2D eigenvalue weighted by Gasteiger charge is 2.19. The zero-order chi connectivity index (χ0) is 11.8. The van der Waals surface area contributed by atoms with Crippen LogP contribution in [0.25, 0.3) is 11.0 Å². The molecule has 0 aliphatic carbocycles. The molecule has 1 unspecified atom stereocenters. The van der Waals surface area contributed by atoms with E-state index in [0.717, 1.165) is 35.8 Å². The molecule has 3 rings (SSSR count). The number of aromatic amines is 1. The van der Waals surface area contributed by atoms with Crippen molar-refractivity contribution >= 4 is 34.4 Å². The first-order valence-electron chi connectivity index (χ1n) is 5.84. The monoisotopic (exact) mass is 248 g/mol. The first-order valence-corrected chi connectivity index (χ1v) is 6.89. The Morgan fingerprint density at radius 2 is 2.41 bits per heavy atom. The van der Waals surface area contributed by atoms with Gasteiger partial charge in [0.05, 0.1) is 11.0 Å². The summed E-state index contributed by atoms with van der Waals surface area (Å²) in [5.41, 5.74) is 8.55. The number of thioether (sulfide) groups is 1. The van der Waals surface area contributed by atoms with Gasteiger partial charge in [0.2, 0.25) is 5.95 Å². The lowest BCUT2D eigenvalue weighted by Gasteiger charge is -2.30. The summed E-state index contributed by atoms with van der Waals surface area (Å²) < 4.78 is 0. The molecule has 0 amide bonds. The van der Waals surface area contributed by atoms with Crippen molar-refractivity contribution in [3.05, 3.63) is 18.2 Å². The van der Waals surface area contributed by atoms with Crippen molar-refractivity contribution in [2.24, 2.45) is 0 Å². The van der Waals surface area contributed by atoms with Gasteiger partial charge in [-0.05, 0) is 18.2 Å². The van der Waals surface area contributed by atoms with Gasteiger partial charge in [0.1, 0.15) is 0 Å². The lowest BCUT2D eigenvalue weighted by atomic mass is 10.3. The van der Waals surface area contributed by atoms with E-state index in [1.165, 1.54) is 5.75 Å². The molecular formula is C12H16N4S. The number of rotatable bonds is 1. The Hall–Kier alpha value is -1.36. The maximum atomic E-state index is 5.77. The smallest absolute Gasteiger partial charge is 0.203 e. The molecule has 1 atom stereocenters. The summed E-state index contributed by atoms with van der Waals surface area (Å²) >= 11 is 2.02. The van der Waals surface area contributed by atoms with Crippen molar-refractivity contribution < 1.29 is 0 Å². The van der Waals surface area contributed by atoms with Crippen LogP contribution in [0.3, 0.4) is 0 Å². The third kappa shape index (κ3) is 2.07. The molecule has 1 aromatic carbocycles. The van der Waals surface area contributed by atoms with Crippen molar-refractivity contribution in [2.75, 3.05) is 29.5 Å². The number of hydrogen-bond donors (Lipinski definition) is 2. The largest absolute Gasteiger partial charge is 0.399 e. The van der Waals surface area contributed by atoms with E-state index >= 15 is 0 Å². The van der Waals surface area contributed by atoms with Gasteiger partial charge in [-0.2, -0.15) is 11.8 Å². The average Bonchev–Trinajstić information content (AvgIpc) is 2.72. The number of hydrogen-bond acceptors (Lipinski definition) is 4. The number of nitrogens with two attached hydrogens (primary N) is 1. The van der Waals surface area contributed by atoms with Crippen LogP contribution in [0.2, 0.25) is 0 Å². The van der Waals surface area contributed by atoms with Gasteiger partial charge in [-0.25, -0.2) is 4.98 Å². The fraction of sp³-hybridized carbons (Fsp3) is 0.417. The van der Waals surface area contributed by atoms with Crippen LogP contribution in [0, 0.1) is 0 Å². The molecule has 3 N–H and O–H groups in total. The Labute approximate surface area is 105 Å². The minimum absolute atomic E-state index is 0.669. The van der Waals surface area contributed by atoms with E-state index < -0.39 is 0 Å². The first-order chi connectivity index (χ1) is 8.22. The van der Waals surface area contributed by atoms with Gasteiger partial charge in [0.25, 0.3) is 0 Å². The fourth-order valence-electron chi connectivity index (χ4n) is 2.17. The summed E-state index contributed by atoms with van der Waals surface area (Å²) in [5, 5.41) is 0.669.